The molecular formula is C21H27N5O2. The van der Waals surface area contributed by atoms with Crippen LogP contribution in [0.4, 0.5) is 0 Å². The maximum atomic E-state index is 13.3. The lowest BCUT2D eigenvalue weighted by molar-refractivity contribution is -0.135. The van der Waals surface area contributed by atoms with Gasteiger partial charge in [-0.1, -0.05) is 31.1 Å². The highest BCUT2D eigenvalue weighted by Gasteiger charge is 2.30. The van der Waals surface area contributed by atoms with Crippen molar-refractivity contribution >= 4 is 16.9 Å². The number of likely N-dealkylation sites (tertiary alicyclic amines) is 1. The standard InChI is InChI=1S/C21H27N5O2/c1-14(2)12-19-23-17-6-4-5-7-18(17)26(19)15(3)21(27)25-10-8-16(9-11-25)20-22-13-28-24-20/h4-7,13-16H,8-12H2,1-3H3. The van der Waals surface area contributed by atoms with Crippen LogP contribution in [0.2, 0.25) is 0 Å². The van der Waals surface area contributed by atoms with Gasteiger partial charge in [0.2, 0.25) is 12.3 Å². The summed E-state index contributed by atoms with van der Waals surface area (Å²) in [7, 11) is 0. The normalized spacial score (nSPS) is 16.8. The van der Waals surface area contributed by atoms with Gasteiger partial charge in [0, 0.05) is 25.4 Å². The Morgan fingerprint density at radius 3 is 2.64 bits per heavy atom. The van der Waals surface area contributed by atoms with Gasteiger partial charge in [-0.25, -0.2) is 4.98 Å². The van der Waals surface area contributed by atoms with Crippen molar-refractivity contribution < 1.29 is 9.32 Å². The predicted molar refractivity (Wildman–Crippen MR) is 106 cm³/mol. The van der Waals surface area contributed by atoms with Crippen molar-refractivity contribution in [3.63, 3.8) is 0 Å². The molecule has 148 valence electrons. The molecule has 4 rings (SSSR count). The van der Waals surface area contributed by atoms with Crippen molar-refractivity contribution in [1.29, 1.82) is 0 Å². The first kappa shape index (κ1) is 18.7. The zero-order valence-corrected chi connectivity index (χ0v) is 16.7. The summed E-state index contributed by atoms with van der Waals surface area (Å²) in [6, 6.07) is 7.80. The summed E-state index contributed by atoms with van der Waals surface area (Å²) in [6.07, 6.45) is 3.95. The number of rotatable bonds is 5. The first-order chi connectivity index (χ1) is 13.5. The van der Waals surface area contributed by atoms with Gasteiger partial charge in [0.05, 0.1) is 11.0 Å². The highest BCUT2D eigenvalue weighted by Crippen LogP contribution is 2.29. The number of carbonyl (C=O) groups is 1. The van der Waals surface area contributed by atoms with E-state index in [4.69, 9.17) is 9.51 Å². The van der Waals surface area contributed by atoms with Crippen LogP contribution < -0.4 is 0 Å². The Morgan fingerprint density at radius 1 is 1.21 bits per heavy atom. The molecule has 1 atom stereocenters. The summed E-state index contributed by atoms with van der Waals surface area (Å²) in [4.78, 5) is 24.2. The largest absolute Gasteiger partial charge is 0.343 e. The van der Waals surface area contributed by atoms with Crippen LogP contribution in [-0.2, 0) is 11.2 Å². The number of carbonyl (C=O) groups excluding carboxylic acids is 1. The molecule has 2 aromatic heterocycles. The van der Waals surface area contributed by atoms with Gasteiger partial charge < -0.3 is 14.0 Å². The number of amides is 1. The Morgan fingerprint density at radius 2 is 1.96 bits per heavy atom. The van der Waals surface area contributed by atoms with E-state index >= 15 is 0 Å². The number of benzene rings is 1. The highest BCUT2D eigenvalue weighted by atomic mass is 16.5. The zero-order valence-electron chi connectivity index (χ0n) is 16.7. The van der Waals surface area contributed by atoms with E-state index in [-0.39, 0.29) is 17.9 Å². The Hall–Kier alpha value is -2.70. The van der Waals surface area contributed by atoms with Crippen LogP contribution in [0.15, 0.2) is 35.2 Å². The first-order valence-electron chi connectivity index (χ1n) is 10.1. The number of imidazole rings is 1. The Kier molecular flexibility index (Phi) is 5.15. The molecule has 0 N–H and O–H groups in total. The van der Waals surface area contributed by atoms with Gasteiger partial charge in [-0.2, -0.15) is 4.98 Å². The van der Waals surface area contributed by atoms with Crippen molar-refractivity contribution in [3.8, 4) is 0 Å². The topological polar surface area (TPSA) is 77.0 Å². The molecule has 7 nitrogen and oxygen atoms in total. The SMILES string of the molecule is CC(C)Cc1nc2ccccc2n1C(C)C(=O)N1CCC(c2ncon2)CC1. The van der Waals surface area contributed by atoms with E-state index in [2.05, 4.69) is 34.6 Å². The van der Waals surface area contributed by atoms with Crippen molar-refractivity contribution in [2.45, 2.75) is 52.0 Å². The lowest BCUT2D eigenvalue weighted by Gasteiger charge is -2.33. The Bertz CT molecular complexity index is 939. The van der Waals surface area contributed by atoms with Crippen molar-refractivity contribution in [1.82, 2.24) is 24.6 Å². The van der Waals surface area contributed by atoms with E-state index in [9.17, 15) is 4.79 Å². The van der Waals surface area contributed by atoms with E-state index in [1.54, 1.807) is 0 Å². The average molecular weight is 381 g/mol. The van der Waals surface area contributed by atoms with Gasteiger partial charge in [0.15, 0.2) is 5.82 Å². The summed E-state index contributed by atoms with van der Waals surface area (Å²) in [5, 5.41) is 3.96. The molecule has 0 saturated carbocycles. The van der Waals surface area contributed by atoms with Gasteiger partial charge in [-0.15, -0.1) is 0 Å². The molecular weight excluding hydrogens is 354 g/mol. The fourth-order valence-electron chi connectivity index (χ4n) is 4.13. The van der Waals surface area contributed by atoms with Crippen LogP contribution in [0.25, 0.3) is 11.0 Å². The lowest BCUT2D eigenvalue weighted by atomic mass is 9.96. The zero-order chi connectivity index (χ0) is 19.7. The van der Waals surface area contributed by atoms with Crippen molar-refractivity contribution in [3.05, 3.63) is 42.3 Å². The van der Waals surface area contributed by atoms with Crippen molar-refractivity contribution in [2.24, 2.45) is 5.92 Å². The fraction of sp³-hybridized carbons (Fsp3) is 0.524. The van der Waals surface area contributed by atoms with E-state index in [0.717, 1.165) is 41.9 Å². The average Bonchev–Trinajstić information content (AvgIpc) is 3.34. The third-order valence-electron chi connectivity index (χ3n) is 5.55. The smallest absolute Gasteiger partial charge is 0.245 e. The second-order valence-corrected chi connectivity index (χ2v) is 8.05. The van der Waals surface area contributed by atoms with Crippen LogP contribution in [0, 0.1) is 5.92 Å². The summed E-state index contributed by atoms with van der Waals surface area (Å²) in [5.74, 6) is 2.63. The fourth-order valence-corrected chi connectivity index (χ4v) is 4.13. The molecule has 7 heteroatoms. The molecule has 1 aliphatic rings. The van der Waals surface area contributed by atoms with E-state index in [1.807, 2.05) is 30.0 Å². The Labute approximate surface area is 164 Å². The number of hydrogen-bond acceptors (Lipinski definition) is 5. The minimum absolute atomic E-state index is 0.153. The molecule has 28 heavy (non-hydrogen) atoms. The number of aromatic nitrogens is 4. The van der Waals surface area contributed by atoms with Crippen LogP contribution in [0.5, 0.6) is 0 Å². The van der Waals surface area contributed by atoms with Gasteiger partial charge >= 0.3 is 0 Å². The third kappa shape index (κ3) is 3.53. The molecule has 0 bridgehead atoms. The Balaban J connectivity index is 1.54. The van der Waals surface area contributed by atoms with E-state index < -0.39 is 0 Å². The maximum absolute atomic E-state index is 13.3. The third-order valence-corrected chi connectivity index (χ3v) is 5.55. The van der Waals surface area contributed by atoms with Crippen LogP contribution in [0.3, 0.4) is 0 Å². The summed E-state index contributed by atoms with van der Waals surface area (Å²) >= 11 is 0. The minimum atomic E-state index is -0.275. The summed E-state index contributed by atoms with van der Waals surface area (Å²) in [6.45, 7) is 7.78. The number of nitrogens with zero attached hydrogens (tertiary/aromatic N) is 5. The predicted octanol–water partition coefficient (Wildman–Crippen LogP) is 3.59. The highest BCUT2D eigenvalue weighted by molar-refractivity contribution is 5.84. The molecule has 0 spiro atoms. The molecule has 1 unspecified atom stereocenters. The molecule has 1 amide bonds. The molecule has 1 aliphatic heterocycles. The molecule has 3 aromatic rings. The van der Waals surface area contributed by atoms with Gasteiger partial charge in [0.1, 0.15) is 11.9 Å². The molecule has 0 radical (unpaired) electrons. The molecule has 1 fully saturated rings. The minimum Gasteiger partial charge on any atom is -0.343 e. The van der Waals surface area contributed by atoms with Crippen LogP contribution in [-0.4, -0.2) is 43.6 Å². The molecule has 0 aliphatic carbocycles. The summed E-state index contributed by atoms with van der Waals surface area (Å²) in [5.41, 5.74) is 1.98. The van der Waals surface area contributed by atoms with Crippen LogP contribution >= 0.6 is 0 Å². The van der Waals surface area contributed by atoms with Crippen LogP contribution in [0.1, 0.15) is 57.2 Å². The van der Waals surface area contributed by atoms with Gasteiger partial charge in [0.25, 0.3) is 0 Å². The maximum Gasteiger partial charge on any atom is 0.245 e. The van der Waals surface area contributed by atoms with Crippen molar-refractivity contribution in [2.75, 3.05) is 13.1 Å². The number of hydrogen-bond donors (Lipinski definition) is 0. The van der Waals surface area contributed by atoms with E-state index in [0.29, 0.717) is 19.0 Å². The molecule has 1 saturated heterocycles. The first-order valence-corrected chi connectivity index (χ1v) is 10.1. The second kappa shape index (κ2) is 7.73. The number of fused-ring (bicyclic) bond motifs is 1. The summed E-state index contributed by atoms with van der Waals surface area (Å²) < 4.78 is 6.99. The monoisotopic (exact) mass is 381 g/mol. The van der Waals surface area contributed by atoms with Gasteiger partial charge in [-0.3, -0.25) is 4.79 Å². The second-order valence-electron chi connectivity index (χ2n) is 8.05. The number of piperidine rings is 1. The molecule has 3 heterocycles. The molecule has 1 aromatic carbocycles. The number of para-hydroxylation sites is 2. The van der Waals surface area contributed by atoms with Gasteiger partial charge in [-0.05, 0) is 37.8 Å². The quantitative estimate of drug-likeness (QED) is 0.675. The lowest BCUT2D eigenvalue weighted by Crippen LogP contribution is -2.41. The van der Waals surface area contributed by atoms with E-state index in [1.165, 1.54) is 6.39 Å².